The van der Waals surface area contributed by atoms with Crippen LogP contribution in [-0.2, 0) is 17.6 Å². The highest BCUT2D eigenvalue weighted by atomic mass is 35.5. The number of likely N-dealkylation sites (N-methyl/N-ethyl adjacent to an activating group) is 1. The van der Waals surface area contributed by atoms with Crippen molar-refractivity contribution >= 4 is 35.0 Å². The number of benzene rings is 1. The van der Waals surface area contributed by atoms with Crippen LogP contribution in [0.1, 0.15) is 24.1 Å². The number of halogens is 1. The summed E-state index contributed by atoms with van der Waals surface area (Å²) in [4.78, 5) is 32.0. The van der Waals surface area contributed by atoms with Crippen LogP contribution in [0.3, 0.4) is 0 Å². The molecule has 1 amide bonds. The van der Waals surface area contributed by atoms with Crippen LogP contribution in [0, 0.1) is 0 Å². The topological polar surface area (TPSA) is 70.5 Å². The molecule has 0 radical (unpaired) electrons. The number of aromatic nitrogens is 2. The maximum Gasteiger partial charge on any atom is 0.367 e. The van der Waals surface area contributed by atoms with Gasteiger partial charge in [-0.3, -0.25) is 4.79 Å². The first-order chi connectivity index (χ1) is 14.5. The molecule has 1 aromatic heterocycles. The lowest BCUT2D eigenvalue weighted by Gasteiger charge is -2.37. The summed E-state index contributed by atoms with van der Waals surface area (Å²) >= 11 is 7.32. The molecule has 160 valence electrons. The van der Waals surface area contributed by atoms with E-state index in [1.54, 1.807) is 28.9 Å². The van der Waals surface area contributed by atoms with Crippen LogP contribution in [-0.4, -0.2) is 59.4 Å². The molecule has 0 bridgehead atoms. The van der Waals surface area contributed by atoms with Gasteiger partial charge in [-0.1, -0.05) is 29.4 Å². The van der Waals surface area contributed by atoms with Crippen molar-refractivity contribution in [2.75, 3.05) is 49.3 Å². The molecule has 30 heavy (non-hydrogen) atoms. The zero-order valence-electron chi connectivity index (χ0n) is 17.1. The summed E-state index contributed by atoms with van der Waals surface area (Å²) in [5.74, 6) is 0.0565. The lowest BCUT2D eigenvalue weighted by atomic mass is 9.97. The molecule has 1 aliphatic carbocycles. The third-order valence-corrected chi connectivity index (χ3v) is 6.79. The lowest BCUT2D eigenvalue weighted by Crippen LogP contribution is -2.54. The molecule has 4 rings (SSSR count). The highest BCUT2D eigenvalue weighted by molar-refractivity contribution is 8.00. The Labute approximate surface area is 185 Å². The molecule has 0 spiro atoms. The van der Waals surface area contributed by atoms with Gasteiger partial charge < -0.3 is 15.2 Å². The number of anilines is 1. The normalized spacial score (nSPS) is 16.9. The smallest absolute Gasteiger partial charge is 0.325 e. The SMILES string of the molecule is CN1CCN(n2c3c(c(SCC(=O)Nc4cccc(Cl)c4)nc2=O)CCCC3)CC1. The van der Waals surface area contributed by atoms with Crippen LogP contribution in [0.2, 0.25) is 5.02 Å². The number of carbonyl (C=O) groups is 1. The Balaban J connectivity index is 1.52. The van der Waals surface area contributed by atoms with E-state index in [9.17, 15) is 9.59 Å². The Hall–Kier alpha value is -2.03. The van der Waals surface area contributed by atoms with Gasteiger partial charge in [-0.15, -0.1) is 0 Å². The van der Waals surface area contributed by atoms with Crippen LogP contribution in [0.25, 0.3) is 0 Å². The number of fused-ring (bicyclic) bond motifs is 1. The fourth-order valence-corrected chi connectivity index (χ4v) is 5.04. The summed E-state index contributed by atoms with van der Waals surface area (Å²) in [7, 11) is 2.10. The minimum atomic E-state index is -0.238. The summed E-state index contributed by atoms with van der Waals surface area (Å²) in [6, 6.07) is 7.06. The van der Waals surface area contributed by atoms with E-state index in [1.165, 1.54) is 11.8 Å². The van der Waals surface area contributed by atoms with E-state index < -0.39 is 0 Å². The largest absolute Gasteiger partial charge is 0.367 e. The third-order valence-electron chi connectivity index (χ3n) is 5.54. The molecule has 0 unspecified atom stereocenters. The molecule has 0 saturated carbocycles. The minimum absolute atomic E-state index is 0.142. The highest BCUT2D eigenvalue weighted by Crippen LogP contribution is 2.29. The number of amides is 1. The predicted octanol–water partition coefficient (Wildman–Crippen LogP) is 2.39. The van der Waals surface area contributed by atoms with Crippen molar-refractivity contribution in [2.45, 2.75) is 30.7 Å². The molecule has 2 heterocycles. The average Bonchev–Trinajstić information content (AvgIpc) is 2.73. The van der Waals surface area contributed by atoms with Crippen LogP contribution >= 0.6 is 23.4 Å². The van der Waals surface area contributed by atoms with Gasteiger partial charge in [0.2, 0.25) is 5.91 Å². The number of hydrogen-bond acceptors (Lipinski definition) is 6. The number of carbonyl (C=O) groups excluding carboxylic acids is 1. The molecule has 1 fully saturated rings. The number of rotatable bonds is 5. The van der Waals surface area contributed by atoms with E-state index in [-0.39, 0.29) is 17.3 Å². The number of nitrogens with one attached hydrogen (secondary N) is 1. The summed E-state index contributed by atoms with van der Waals surface area (Å²) < 4.78 is 1.80. The Morgan fingerprint density at radius 3 is 2.73 bits per heavy atom. The highest BCUT2D eigenvalue weighted by Gasteiger charge is 2.25. The molecule has 9 heteroatoms. The maximum absolute atomic E-state index is 12.9. The quantitative estimate of drug-likeness (QED) is 0.560. The van der Waals surface area contributed by atoms with Crippen molar-refractivity contribution in [1.29, 1.82) is 0 Å². The van der Waals surface area contributed by atoms with E-state index in [1.807, 2.05) is 0 Å². The Morgan fingerprint density at radius 2 is 1.97 bits per heavy atom. The number of nitrogens with zero attached hydrogens (tertiary/aromatic N) is 4. The van der Waals surface area contributed by atoms with E-state index in [0.717, 1.165) is 63.1 Å². The Kier molecular flexibility index (Phi) is 6.65. The molecule has 1 aliphatic heterocycles. The first kappa shape index (κ1) is 21.2. The van der Waals surface area contributed by atoms with Crippen molar-refractivity contribution in [3.63, 3.8) is 0 Å². The Morgan fingerprint density at radius 1 is 1.20 bits per heavy atom. The molecule has 7 nitrogen and oxygen atoms in total. The van der Waals surface area contributed by atoms with Crippen molar-refractivity contribution in [2.24, 2.45) is 0 Å². The summed E-state index contributed by atoms with van der Waals surface area (Å²) in [6.07, 6.45) is 3.93. The van der Waals surface area contributed by atoms with Crippen molar-refractivity contribution in [1.82, 2.24) is 14.6 Å². The monoisotopic (exact) mass is 447 g/mol. The molecule has 1 aromatic carbocycles. The van der Waals surface area contributed by atoms with Gasteiger partial charge in [-0.2, -0.15) is 4.98 Å². The Bertz CT molecular complexity index is 988. The number of piperazine rings is 1. The third kappa shape index (κ3) is 4.82. The van der Waals surface area contributed by atoms with Gasteiger partial charge in [-0.05, 0) is 50.9 Å². The standard InChI is InChI=1S/C21H26ClN5O2S/c1-25-9-11-26(12-10-25)27-18-8-3-2-7-17(18)20(24-21(27)29)30-14-19(28)23-16-6-4-5-15(22)13-16/h4-6,13H,2-3,7-12,14H2,1H3,(H,23,28). The van der Waals surface area contributed by atoms with Crippen LogP contribution < -0.4 is 16.0 Å². The molecule has 2 aromatic rings. The van der Waals surface area contributed by atoms with Crippen LogP contribution in [0.4, 0.5) is 5.69 Å². The summed E-state index contributed by atoms with van der Waals surface area (Å²) in [6.45, 7) is 3.50. The second-order valence-electron chi connectivity index (χ2n) is 7.75. The van der Waals surface area contributed by atoms with E-state index in [2.05, 4.69) is 27.3 Å². The molecule has 1 N–H and O–H groups in total. The molecule has 0 atom stereocenters. The van der Waals surface area contributed by atoms with Crippen molar-refractivity contribution < 1.29 is 4.79 Å². The van der Waals surface area contributed by atoms with Crippen molar-refractivity contribution in [3.8, 4) is 0 Å². The molecule has 2 aliphatic rings. The van der Waals surface area contributed by atoms with Crippen LogP contribution in [0.15, 0.2) is 34.1 Å². The minimum Gasteiger partial charge on any atom is -0.325 e. The average molecular weight is 448 g/mol. The fraction of sp³-hybridized carbons (Fsp3) is 0.476. The van der Waals surface area contributed by atoms with E-state index in [0.29, 0.717) is 15.7 Å². The molecular formula is C21H26ClN5O2S. The van der Waals surface area contributed by atoms with E-state index in [4.69, 9.17) is 11.6 Å². The van der Waals surface area contributed by atoms with Crippen molar-refractivity contribution in [3.05, 3.63) is 51.0 Å². The molecule has 1 saturated heterocycles. The van der Waals surface area contributed by atoms with Gasteiger partial charge in [0.25, 0.3) is 0 Å². The van der Waals surface area contributed by atoms with Gasteiger partial charge in [0.15, 0.2) is 0 Å². The maximum atomic E-state index is 12.9. The zero-order chi connectivity index (χ0) is 21.1. The molecular weight excluding hydrogens is 422 g/mol. The second kappa shape index (κ2) is 9.41. The van der Waals surface area contributed by atoms with Gasteiger partial charge in [0.1, 0.15) is 5.03 Å². The first-order valence-electron chi connectivity index (χ1n) is 10.3. The number of hydrogen-bond donors (Lipinski definition) is 1. The fourth-order valence-electron chi connectivity index (χ4n) is 3.97. The summed E-state index contributed by atoms with van der Waals surface area (Å²) in [5, 5.41) is 6.24. The zero-order valence-corrected chi connectivity index (χ0v) is 18.6. The number of thioether (sulfide) groups is 1. The van der Waals surface area contributed by atoms with E-state index >= 15 is 0 Å². The van der Waals surface area contributed by atoms with Crippen LogP contribution in [0.5, 0.6) is 0 Å². The summed E-state index contributed by atoms with van der Waals surface area (Å²) in [5.41, 5.74) is 2.62. The lowest BCUT2D eigenvalue weighted by molar-refractivity contribution is -0.113. The van der Waals surface area contributed by atoms with Gasteiger partial charge in [0, 0.05) is 42.5 Å². The van der Waals surface area contributed by atoms with Gasteiger partial charge >= 0.3 is 5.69 Å². The van der Waals surface area contributed by atoms with Gasteiger partial charge in [-0.25, -0.2) is 9.47 Å². The first-order valence-corrected chi connectivity index (χ1v) is 11.6. The second-order valence-corrected chi connectivity index (χ2v) is 9.15. The van der Waals surface area contributed by atoms with Gasteiger partial charge in [0.05, 0.1) is 11.4 Å². The predicted molar refractivity (Wildman–Crippen MR) is 121 cm³/mol.